The molecule has 10 heteroatoms. The average molecular weight is 466 g/mol. The number of nitrogens with one attached hydrogen (secondary N) is 2. The molecule has 0 radical (unpaired) electrons. The number of sulfonamides is 1. The van der Waals surface area contributed by atoms with Crippen molar-refractivity contribution in [3.63, 3.8) is 0 Å². The second-order valence-corrected chi connectivity index (χ2v) is 9.26. The molecule has 170 valence electrons. The molecule has 2 aromatic carbocycles. The lowest BCUT2D eigenvalue weighted by atomic mass is 10.1. The minimum absolute atomic E-state index is 0.00587. The van der Waals surface area contributed by atoms with E-state index < -0.39 is 15.9 Å². The van der Waals surface area contributed by atoms with E-state index in [1.165, 1.54) is 36.7 Å². The Bertz CT molecular complexity index is 1260. The largest absolute Gasteiger partial charge is 0.326 e. The Morgan fingerprint density at radius 2 is 1.76 bits per heavy atom. The zero-order valence-electron chi connectivity index (χ0n) is 17.9. The van der Waals surface area contributed by atoms with Crippen LogP contribution in [0, 0.1) is 5.92 Å². The molecule has 1 aliphatic heterocycles. The summed E-state index contributed by atoms with van der Waals surface area (Å²) in [5, 5.41) is 2.78. The third kappa shape index (κ3) is 5.01. The Kier molecular flexibility index (Phi) is 6.36. The number of carbonyl (C=O) groups excluding carboxylic acids is 2. The molecule has 1 unspecified atom stereocenters. The highest BCUT2D eigenvalue weighted by molar-refractivity contribution is 7.92. The zero-order valence-corrected chi connectivity index (χ0v) is 18.7. The number of amides is 2. The molecule has 9 nitrogen and oxygen atoms in total. The molecule has 2 N–H and O–H groups in total. The molecule has 1 atom stereocenters. The van der Waals surface area contributed by atoms with Gasteiger partial charge in [0.2, 0.25) is 17.8 Å². The third-order valence-corrected chi connectivity index (χ3v) is 6.73. The summed E-state index contributed by atoms with van der Waals surface area (Å²) in [5.74, 6) is -0.907. The first-order valence-electron chi connectivity index (χ1n) is 10.5. The van der Waals surface area contributed by atoms with Crippen LogP contribution >= 0.6 is 0 Å². The van der Waals surface area contributed by atoms with Crippen molar-refractivity contribution in [3.05, 3.63) is 72.6 Å². The van der Waals surface area contributed by atoms with Gasteiger partial charge in [0.05, 0.1) is 10.8 Å². The van der Waals surface area contributed by atoms with Crippen molar-refractivity contribution >= 4 is 39.2 Å². The number of aryl methyl sites for hydroxylation is 1. The van der Waals surface area contributed by atoms with Crippen molar-refractivity contribution in [2.24, 2.45) is 5.92 Å². The average Bonchev–Trinajstić information content (AvgIpc) is 3.21. The Balaban J connectivity index is 1.41. The zero-order chi connectivity index (χ0) is 23.4. The molecule has 1 fully saturated rings. The van der Waals surface area contributed by atoms with Crippen molar-refractivity contribution in [3.8, 4) is 0 Å². The predicted molar refractivity (Wildman–Crippen MR) is 124 cm³/mol. The Morgan fingerprint density at radius 1 is 1.06 bits per heavy atom. The molecular formula is C23H23N5O4S. The first-order chi connectivity index (χ1) is 15.9. The Hall–Kier alpha value is -3.79. The van der Waals surface area contributed by atoms with Crippen LogP contribution in [0.15, 0.2) is 71.9 Å². The summed E-state index contributed by atoms with van der Waals surface area (Å²) in [4.78, 5) is 34.7. The molecule has 1 aromatic heterocycles. The van der Waals surface area contributed by atoms with Crippen LogP contribution < -0.4 is 14.9 Å². The molecule has 0 bridgehead atoms. The number of para-hydroxylation sites is 1. The second-order valence-electron chi connectivity index (χ2n) is 7.58. The van der Waals surface area contributed by atoms with Gasteiger partial charge in [-0.1, -0.05) is 25.1 Å². The summed E-state index contributed by atoms with van der Waals surface area (Å²) >= 11 is 0. The maximum atomic E-state index is 12.8. The van der Waals surface area contributed by atoms with E-state index in [4.69, 9.17) is 0 Å². The second kappa shape index (κ2) is 9.37. The minimum atomic E-state index is -3.87. The van der Waals surface area contributed by atoms with Gasteiger partial charge in [0.25, 0.3) is 10.0 Å². The van der Waals surface area contributed by atoms with Gasteiger partial charge in [-0.25, -0.2) is 23.1 Å². The van der Waals surface area contributed by atoms with Gasteiger partial charge in [0.15, 0.2) is 0 Å². The molecule has 1 saturated heterocycles. The number of carbonyl (C=O) groups is 2. The van der Waals surface area contributed by atoms with Crippen LogP contribution in [0.2, 0.25) is 0 Å². The molecule has 0 spiro atoms. The number of anilines is 3. The number of hydrogen-bond acceptors (Lipinski definition) is 6. The molecule has 0 aliphatic carbocycles. The highest BCUT2D eigenvalue weighted by Crippen LogP contribution is 2.29. The van der Waals surface area contributed by atoms with E-state index in [9.17, 15) is 18.0 Å². The van der Waals surface area contributed by atoms with Gasteiger partial charge in [-0.15, -0.1) is 0 Å². The molecule has 33 heavy (non-hydrogen) atoms. The smallest absolute Gasteiger partial charge is 0.264 e. The molecule has 4 rings (SSSR count). The Morgan fingerprint density at radius 3 is 2.45 bits per heavy atom. The van der Waals surface area contributed by atoms with E-state index in [1.807, 2.05) is 31.2 Å². The molecule has 2 amide bonds. The van der Waals surface area contributed by atoms with Crippen molar-refractivity contribution < 1.29 is 18.0 Å². The minimum Gasteiger partial charge on any atom is -0.326 e. The van der Waals surface area contributed by atoms with E-state index in [2.05, 4.69) is 20.0 Å². The molecule has 0 saturated carbocycles. The summed E-state index contributed by atoms with van der Waals surface area (Å²) in [6.45, 7) is 2.32. The number of benzene rings is 2. The van der Waals surface area contributed by atoms with E-state index in [1.54, 1.807) is 11.0 Å². The van der Waals surface area contributed by atoms with Gasteiger partial charge < -0.3 is 10.2 Å². The van der Waals surface area contributed by atoms with E-state index in [0.717, 1.165) is 17.7 Å². The van der Waals surface area contributed by atoms with Crippen molar-refractivity contribution in [1.29, 1.82) is 0 Å². The lowest BCUT2D eigenvalue weighted by Crippen LogP contribution is -2.28. The van der Waals surface area contributed by atoms with Crippen LogP contribution in [-0.2, 0) is 26.0 Å². The first kappa shape index (κ1) is 22.4. The third-order valence-electron chi connectivity index (χ3n) is 5.38. The lowest BCUT2D eigenvalue weighted by molar-refractivity contribution is -0.122. The van der Waals surface area contributed by atoms with Crippen LogP contribution in [0.1, 0.15) is 18.9 Å². The monoisotopic (exact) mass is 465 g/mol. The number of nitrogens with zero attached hydrogens (tertiary/aromatic N) is 3. The topological polar surface area (TPSA) is 121 Å². The number of hydrogen-bond donors (Lipinski definition) is 2. The number of aromatic nitrogens is 2. The molecular weight excluding hydrogens is 442 g/mol. The normalized spacial score (nSPS) is 16.0. The van der Waals surface area contributed by atoms with Crippen molar-refractivity contribution in [2.75, 3.05) is 21.5 Å². The first-order valence-corrected chi connectivity index (χ1v) is 11.9. The molecule has 2 heterocycles. The Labute approximate surface area is 191 Å². The van der Waals surface area contributed by atoms with Gasteiger partial charge in [-0.3, -0.25) is 9.59 Å². The van der Waals surface area contributed by atoms with Gasteiger partial charge >= 0.3 is 0 Å². The predicted octanol–water partition coefficient (Wildman–Crippen LogP) is 2.83. The maximum Gasteiger partial charge on any atom is 0.264 e. The van der Waals surface area contributed by atoms with Crippen molar-refractivity contribution in [1.82, 2.24) is 9.97 Å². The SMILES string of the molecule is CCc1ccccc1N1CC(C(=O)Nc2ccc(S(=O)(=O)Nc3ncccn3)cc2)CC1=O. The summed E-state index contributed by atoms with van der Waals surface area (Å²) in [5.41, 5.74) is 2.33. The summed E-state index contributed by atoms with van der Waals surface area (Å²) in [7, 11) is -3.87. The van der Waals surface area contributed by atoms with Crippen LogP contribution in [-0.4, -0.2) is 36.7 Å². The number of rotatable bonds is 7. The van der Waals surface area contributed by atoms with E-state index in [-0.39, 0.29) is 29.1 Å². The molecule has 3 aromatic rings. The van der Waals surface area contributed by atoms with Crippen LogP contribution in [0.25, 0.3) is 0 Å². The fraction of sp³-hybridized carbons (Fsp3) is 0.217. The fourth-order valence-corrected chi connectivity index (χ4v) is 4.64. The summed E-state index contributed by atoms with van der Waals surface area (Å²) < 4.78 is 27.3. The van der Waals surface area contributed by atoms with Crippen molar-refractivity contribution in [2.45, 2.75) is 24.7 Å². The highest BCUT2D eigenvalue weighted by Gasteiger charge is 2.35. The standard InChI is InChI=1S/C23H23N5O4S/c1-2-16-6-3-4-7-20(16)28-15-17(14-21(28)29)22(30)26-18-8-10-19(11-9-18)33(31,32)27-23-24-12-5-13-25-23/h3-13,17H,2,14-15H2,1H3,(H,26,30)(H,24,25,27). The highest BCUT2D eigenvalue weighted by atomic mass is 32.2. The summed E-state index contributed by atoms with van der Waals surface area (Å²) in [6.07, 6.45) is 3.77. The van der Waals surface area contributed by atoms with Gasteiger partial charge in [-0.2, -0.15) is 0 Å². The van der Waals surface area contributed by atoms with E-state index >= 15 is 0 Å². The van der Waals surface area contributed by atoms with Gasteiger partial charge in [0, 0.05) is 36.7 Å². The fourth-order valence-electron chi connectivity index (χ4n) is 3.68. The molecule has 1 aliphatic rings. The van der Waals surface area contributed by atoms with Gasteiger partial charge in [0.1, 0.15) is 0 Å². The maximum absolute atomic E-state index is 12.8. The quantitative estimate of drug-likeness (QED) is 0.553. The van der Waals surface area contributed by atoms with Crippen LogP contribution in [0.5, 0.6) is 0 Å². The van der Waals surface area contributed by atoms with Crippen LogP contribution in [0.3, 0.4) is 0 Å². The van der Waals surface area contributed by atoms with Gasteiger partial charge in [-0.05, 0) is 48.4 Å². The summed E-state index contributed by atoms with van der Waals surface area (Å²) in [6, 6.07) is 15.0. The lowest BCUT2D eigenvalue weighted by Gasteiger charge is -2.20. The van der Waals surface area contributed by atoms with Crippen LogP contribution in [0.4, 0.5) is 17.3 Å². The van der Waals surface area contributed by atoms with E-state index in [0.29, 0.717) is 12.2 Å².